The molecule has 44 heavy (non-hydrogen) atoms. The number of hydrogen-bond donors (Lipinski definition) is 0. The Morgan fingerprint density at radius 1 is 0.341 bits per heavy atom. The fourth-order valence-electron chi connectivity index (χ4n) is 6.10. The summed E-state index contributed by atoms with van der Waals surface area (Å²) in [4.78, 5) is 2.33. The van der Waals surface area contributed by atoms with E-state index in [-0.39, 0.29) is 0 Å². The van der Waals surface area contributed by atoms with E-state index >= 15 is 0 Å². The van der Waals surface area contributed by atoms with Crippen LogP contribution in [0.25, 0.3) is 55.3 Å². The molecule has 0 spiro atoms. The highest BCUT2D eigenvalue weighted by molar-refractivity contribution is 6.09. The van der Waals surface area contributed by atoms with Gasteiger partial charge in [0.1, 0.15) is 11.2 Å². The summed E-state index contributed by atoms with van der Waals surface area (Å²) in [5, 5.41) is 2.27. The van der Waals surface area contributed by atoms with Crippen LogP contribution in [0.3, 0.4) is 0 Å². The van der Waals surface area contributed by atoms with E-state index in [1.807, 2.05) is 12.1 Å². The molecule has 0 amide bonds. The van der Waals surface area contributed by atoms with Gasteiger partial charge in [0.15, 0.2) is 0 Å². The van der Waals surface area contributed by atoms with Crippen LogP contribution in [0.2, 0.25) is 0 Å². The van der Waals surface area contributed by atoms with Gasteiger partial charge in [0.2, 0.25) is 0 Å². The van der Waals surface area contributed by atoms with Crippen molar-refractivity contribution < 1.29 is 4.42 Å². The lowest BCUT2D eigenvalue weighted by molar-refractivity contribution is 0.670. The van der Waals surface area contributed by atoms with Gasteiger partial charge in [-0.05, 0) is 70.3 Å². The molecule has 1 heterocycles. The molecule has 0 bridgehead atoms. The first-order chi connectivity index (χ1) is 21.8. The minimum Gasteiger partial charge on any atom is -0.455 e. The van der Waals surface area contributed by atoms with E-state index < -0.39 is 0 Å². The summed E-state index contributed by atoms with van der Waals surface area (Å²) in [5.41, 5.74) is 12.1. The Morgan fingerprint density at radius 3 is 1.48 bits per heavy atom. The van der Waals surface area contributed by atoms with E-state index in [2.05, 4.69) is 169 Å². The Bertz CT molecular complexity index is 2110. The molecule has 0 aliphatic carbocycles. The summed E-state index contributed by atoms with van der Waals surface area (Å²) in [7, 11) is 0. The Balaban J connectivity index is 1.24. The first-order valence-electron chi connectivity index (χ1n) is 14.9. The fourth-order valence-corrected chi connectivity index (χ4v) is 6.10. The third-order valence-electron chi connectivity index (χ3n) is 8.28. The maximum Gasteiger partial charge on any atom is 0.143 e. The summed E-state index contributed by atoms with van der Waals surface area (Å²) in [5.74, 6) is 0. The van der Waals surface area contributed by atoms with Gasteiger partial charge in [-0.25, -0.2) is 0 Å². The summed E-state index contributed by atoms with van der Waals surface area (Å²) in [6, 6.07) is 62.1. The molecule has 0 atom stereocenters. The average Bonchev–Trinajstić information content (AvgIpc) is 3.49. The van der Waals surface area contributed by atoms with Crippen molar-refractivity contribution in [3.63, 3.8) is 0 Å². The number of rotatable bonds is 6. The topological polar surface area (TPSA) is 16.4 Å². The zero-order chi connectivity index (χ0) is 29.3. The van der Waals surface area contributed by atoms with Crippen LogP contribution in [0.5, 0.6) is 0 Å². The van der Waals surface area contributed by atoms with Gasteiger partial charge in [0, 0.05) is 33.4 Å². The molecule has 0 aliphatic heterocycles. The molecule has 0 radical (unpaired) electrons. The smallest absolute Gasteiger partial charge is 0.143 e. The summed E-state index contributed by atoms with van der Waals surface area (Å²) in [6.07, 6.45) is 0. The molecule has 0 N–H and O–H groups in total. The number of nitrogens with zero attached hydrogens (tertiary/aromatic N) is 1. The van der Waals surface area contributed by atoms with Gasteiger partial charge in [-0.1, -0.05) is 133 Å². The second-order valence-electron chi connectivity index (χ2n) is 11.0. The maximum absolute atomic E-state index is 6.40. The maximum atomic E-state index is 6.40. The lowest BCUT2D eigenvalue weighted by atomic mass is 10.0. The highest BCUT2D eigenvalue weighted by Gasteiger charge is 2.16. The Kier molecular flexibility index (Phi) is 6.51. The van der Waals surface area contributed by atoms with Gasteiger partial charge in [-0.3, -0.25) is 0 Å². The first-order valence-corrected chi connectivity index (χ1v) is 14.9. The van der Waals surface area contributed by atoms with E-state index in [0.29, 0.717) is 0 Å². The van der Waals surface area contributed by atoms with Crippen molar-refractivity contribution >= 4 is 39.0 Å². The van der Waals surface area contributed by atoms with Crippen molar-refractivity contribution in [2.75, 3.05) is 4.90 Å². The van der Waals surface area contributed by atoms with Crippen molar-refractivity contribution in [1.82, 2.24) is 0 Å². The van der Waals surface area contributed by atoms with Gasteiger partial charge < -0.3 is 9.32 Å². The van der Waals surface area contributed by atoms with Crippen LogP contribution < -0.4 is 4.90 Å². The van der Waals surface area contributed by atoms with Crippen LogP contribution in [0.4, 0.5) is 17.1 Å². The van der Waals surface area contributed by atoms with Crippen LogP contribution in [-0.2, 0) is 0 Å². The SMILES string of the molecule is c1ccc(-c2ccc(N(c3ccc(-c4ccccc4)cc3)c3cccc(-c4cccc5c4oc4ccccc45)c3)cc2)cc1. The van der Waals surface area contributed by atoms with Gasteiger partial charge in [0.25, 0.3) is 0 Å². The monoisotopic (exact) mass is 563 g/mol. The third kappa shape index (κ3) is 4.73. The van der Waals surface area contributed by atoms with Crippen molar-refractivity contribution in [2.24, 2.45) is 0 Å². The minimum atomic E-state index is 0.907. The molecule has 2 nitrogen and oxygen atoms in total. The number of hydrogen-bond acceptors (Lipinski definition) is 2. The first kappa shape index (κ1) is 25.8. The van der Waals surface area contributed by atoms with Crippen LogP contribution in [0.15, 0.2) is 180 Å². The van der Waals surface area contributed by atoms with Crippen molar-refractivity contribution in [3.8, 4) is 33.4 Å². The molecule has 0 unspecified atom stereocenters. The molecule has 0 saturated heterocycles. The molecule has 0 fully saturated rings. The number of fused-ring (bicyclic) bond motifs is 3. The average molecular weight is 564 g/mol. The normalized spacial score (nSPS) is 11.2. The highest BCUT2D eigenvalue weighted by atomic mass is 16.3. The molecule has 8 aromatic rings. The molecular formula is C42H29NO. The van der Waals surface area contributed by atoms with E-state index in [0.717, 1.165) is 50.1 Å². The van der Waals surface area contributed by atoms with Gasteiger partial charge >= 0.3 is 0 Å². The van der Waals surface area contributed by atoms with Crippen LogP contribution >= 0.6 is 0 Å². The minimum absolute atomic E-state index is 0.907. The van der Waals surface area contributed by atoms with E-state index in [9.17, 15) is 0 Å². The van der Waals surface area contributed by atoms with Crippen molar-refractivity contribution in [2.45, 2.75) is 0 Å². The molecule has 7 aromatic carbocycles. The van der Waals surface area contributed by atoms with E-state index in [1.165, 1.54) is 22.3 Å². The largest absolute Gasteiger partial charge is 0.455 e. The molecule has 0 aliphatic rings. The Hall–Kier alpha value is -5.86. The standard InChI is InChI=1S/C42H29NO/c1-3-11-30(12-4-1)32-21-25-35(26-22-32)43(36-27-23-33(24-28-36)31-13-5-2-6-14-31)37-16-9-15-34(29-37)38-18-10-19-40-39-17-7-8-20-41(39)44-42(38)40/h1-29H. The van der Waals surface area contributed by atoms with E-state index in [1.54, 1.807) is 0 Å². The summed E-state index contributed by atoms with van der Waals surface area (Å²) in [6.45, 7) is 0. The Morgan fingerprint density at radius 2 is 0.841 bits per heavy atom. The molecule has 2 heteroatoms. The van der Waals surface area contributed by atoms with Crippen LogP contribution in [-0.4, -0.2) is 0 Å². The van der Waals surface area contributed by atoms with Gasteiger partial charge in [-0.2, -0.15) is 0 Å². The van der Waals surface area contributed by atoms with Gasteiger partial charge in [-0.15, -0.1) is 0 Å². The third-order valence-corrected chi connectivity index (χ3v) is 8.28. The zero-order valence-electron chi connectivity index (χ0n) is 24.1. The highest BCUT2D eigenvalue weighted by Crippen LogP contribution is 2.40. The summed E-state index contributed by atoms with van der Waals surface area (Å²) < 4.78 is 6.40. The predicted octanol–water partition coefficient (Wildman–Crippen LogP) is 12.1. The fraction of sp³-hybridized carbons (Fsp3) is 0. The Labute approximate surface area is 257 Å². The zero-order valence-corrected chi connectivity index (χ0v) is 24.1. The van der Waals surface area contributed by atoms with Gasteiger partial charge in [0.05, 0.1) is 0 Å². The lowest BCUT2D eigenvalue weighted by Gasteiger charge is -2.26. The molecule has 0 saturated carbocycles. The molecule has 208 valence electrons. The number of benzene rings is 7. The molecule has 8 rings (SSSR count). The second kappa shape index (κ2) is 11.1. The van der Waals surface area contributed by atoms with Crippen LogP contribution in [0.1, 0.15) is 0 Å². The molecule has 1 aromatic heterocycles. The number of furan rings is 1. The van der Waals surface area contributed by atoms with Crippen molar-refractivity contribution in [3.05, 3.63) is 176 Å². The van der Waals surface area contributed by atoms with Crippen molar-refractivity contribution in [1.29, 1.82) is 0 Å². The lowest BCUT2D eigenvalue weighted by Crippen LogP contribution is -2.10. The molecular weight excluding hydrogens is 534 g/mol. The quantitative estimate of drug-likeness (QED) is 0.200. The van der Waals surface area contributed by atoms with Crippen LogP contribution in [0, 0.1) is 0 Å². The number of para-hydroxylation sites is 2. The predicted molar refractivity (Wildman–Crippen MR) is 185 cm³/mol. The second-order valence-corrected chi connectivity index (χ2v) is 11.0. The number of anilines is 3. The summed E-state index contributed by atoms with van der Waals surface area (Å²) >= 11 is 0. The van der Waals surface area contributed by atoms with E-state index in [4.69, 9.17) is 4.42 Å².